The maximum Gasteiger partial charge on any atom is 0.0602 e. The van der Waals surface area contributed by atoms with E-state index in [4.69, 9.17) is 5.73 Å². The summed E-state index contributed by atoms with van der Waals surface area (Å²) in [7, 11) is 0. The van der Waals surface area contributed by atoms with Crippen LogP contribution in [0.3, 0.4) is 0 Å². The third-order valence-corrected chi connectivity index (χ3v) is 3.47. The summed E-state index contributed by atoms with van der Waals surface area (Å²) in [5, 5.41) is 0. The maximum absolute atomic E-state index is 6.16. The Kier molecular flexibility index (Phi) is 2.99. The van der Waals surface area contributed by atoms with E-state index < -0.39 is 0 Å². The van der Waals surface area contributed by atoms with Crippen LogP contribution in [-0.2, 0) is 6.54 Å². The summed E-state index contributed by atoms with van der Waals surface area (Å²) in [6, 6.07) is 14.6. The van der Waals surface area contributed by atoms with Gasteiger partial charge in [0, 0.05) is 24.5 Å². The number of nitrogens with zero attached hydrogens (tertiary/aromatic N) is 2. The Morgan fingerprint density at radius 2 is 2.00 bits per heavy atom. The molecule has 2 aromatic rings. The van der Waals surface area contributed by atoms with Crippen LogP contribution in [0.1, 0.15) is 23.7 Å². The van der Waals surface area contributed by atoms with Crippen LogP contribution in [0.25, 0.3) is 0 Å². The van der Waals surface area contributed by atoms with E-state index in [1.807, 2.05) is 18.3 Å². The van der Waals surface area contributed by atoms with Crippen molar-refractivity contribution < 1.29 is 0 Å². The molecule has 0 saturated carbocycles. The van der Waals surface area contributed by atoms with Crippen molar-refractivity contribution in [2.75, 3.05) is 11.4 Å². The Labute approximate surface area is 107 Å². The van der Waals surface area contributed by atoms with Crippen molar-refractivity contribution in [3.8, 4) is 0 Å². The van der Waals surface area contributed by atoms with Gasteiger partial charge >= 0.3 is 0 Å². The Hall–Kier alpha value is -1.87. The molecule has 0 bridgehead atoms. The monoisotopic (exact) mass is 239 g/mol. The van der Waals surface area contributed by atoms with Crippen LogP contribution < -0.4 is 10.6 Å². The zero-order valence-corrected chi connectivity index (χ0v) is 10.3. The average Bonchev–Trinajstić information content (AvgIpc) is 2.44. The maximum atomic E-state index is 6.16. The molecule has 2 N–H and O–H groups in total. The topological polar surface area (TPSA) is 42.1 Å². The quantitative estimate of drug-likeness (QED) is 0.875. The first-order valence-electron chi connectivity index (χ1n) is 6.34. The highest BCUT2D eigenvalue weighted by Crippen LogP contribution is 2.32. The lowest BCUT2D eigenvalue weighted by Gasteiger charge is -2.34. The van der Waals surface area contributed by atoms with Crippen LogP contribution >= 0.6 is 0 Å². The van der Waals surface area contributed by atoms with E-state index in [9.17, 15) is 0 Å². The molecular weight excluding hydrogens is 222 g/mol. The van der Waals surface area contributed by atoms with Gasteiger partial charge in [0.05, 0.1) is 12.2 Å². The summed E-state index contributed by atoms with van der Waals surface area (Å²) >= 11 is 0. The van der Waals surface area contributed by atoms with Gasteiger partial charge in [-0.1, -0.05) is 24.3 Å². The van der Waals surface area contributed by atoms with Gasteiger partial charge < -0.3 is 10.6 Å². The normalized spacial score (nSPS) is 18.5. The van der Waals surface area contributed by atoms with Crippen LogP contribution in [0.5, 0.6) is 0 Å². The number of fused-ring (bicyclic) bond motifs is 1. The lowest BCUT2D eigenvalue weighted by atomic mass is 9.97. The summed E-state index contributed by atoms with van der Waals surface area (Å²) in [4.78, 5) is 6.75. The van der Waals surface area contributed by atoms with Crippen LogP contribution in [0, 0.1) is 0 Å². The first-order valence-corrected chi connectivity index (χ1v) is 6.34. The Morgan fingerprint density at radius 3 is 2.83 bits per heavy atom. The number of para-hydroxylation sites is 1. The second-order valence-corrected chi connectivity index (χ2v) is 4.70. The highest BCUT2D eigenvalue weighted by Gasteiger charge is 2.22. The molecule has 3 heteroatoms. The summed E-state index contributed by atoms with van der Waals surface area (Å²) in [5.41, 5.74) is 9.76. The zero-order valence-electron chi connectivity index (χ0n) is 10.3. The largest absolute Gasteiger partial charge is 0.365 e. The predicted octanol–water partition coefficient (Wildman–Crippen LogP) is 2.49. The van der Waals surface area contributed by atoms with Crippen molar-refractivity contribution in [2.24, 2.45) is 5.73 Å². The van der Waals surface area contributed by atoms with Gasteiger partial charge in [0.1, 0.15) is 0 Å². The van der Waals surface area contributed by atoms with Gasteiger partial charge in [-0.3, -0.25) is 4.98 Å². The molecule has 0 fully saturated rings. The minimum absolute atomic E-state index is 0.168. The highest BCUT2D eigenvalue weighted by atomic mass is 15.1. The standard InChI is InChI=1S/C15H17N3/c16-14-8-10-18(11-12-5-3-4-9-17-12)15-7-2-1-6-13(14)15/h1-7,9,14H,8,10-11,16H2. The number of hydrogen-bond donors (Lipinski definition) is 1. The van der Waals surface area contributed by atoms with Crippen molar-refractivity contribution in [3.05, 3.63) is 59.9 Å². The van der Waals surface area contributed by atoms with Gasteiger partial charge in [0.25, 0.3) is 0 Å². The summed E-state index contributed by atoms with van der Waals surface area (Å²) in [6.45, 7) is 1.85. The van der Waals surface area contributed by atoms with E-state index in [-0.39, 0.29) is 6.04 Å². The van der Waals surface area contributed by atoms with Gasteiger partial charge in [0.2, 0.25) is 0 Å². The SMILES string of the molecule is NC1CCN(Cc2ccccn2)c2ccccc21. The van der Waals surface area contributed by atoms with Crippen LogP contribution in [0.2, 0.25) is 0 Å². The molecule has 1 aromatic carbocycles. The molecule has 0 radical (unpaired) electrons. The van der Waals surface area contributed by atoms with Crippen LogP contribution in [-0.4, -0.2) is 11.5 Å². The molecular formula is C15H17N3. The average molecular weight is 239 g/mol. The fraction of sp³-hybridized carbons (Fsp3) is 0.267. The van der Waals surface area contributed by atoms with E-state index in [1.54, 1.807) is 0 Å². The van der Waals surface area contributed by atoms with Gasteiger partial charge in [-0.25, -0.2) is 0 Å². The molecule has 0 saturated heterocycles. The van der Waals surface area contributed by atoms with E-state index >= 15 is 0 Å². The Morgan fingerprint density at radius 1 is 1.17 bits per heavy atom. The number of rotatable bonds is 2. The molecule has 0 amide bonds. The molecule has 2 heterocycles. The second-order valence-electron chi connectivity index (χ2n) is 4.70. The molecule has 1 unspecified atom stereocenters. The van der Waals surface area contributed by atoms with E-state index in [0.717, 1.165) is 25.2 Å². The lowest BCUT2D eigenvalue weighted by Crippen LogP contribution is -2.33. The van der Waals surface area contributed by atoms with Crippen molar-refractivity contribution in [3.63, 3.8) is 0 Å². The lowest BCUT2D eigenvalue weighted by molar-refractivity contribution is 0.588. The molecule has 3 nitrogen and oxygen atoms in total. The molecule has 18 heavy (non-hydrogen) atoms. The molecule has 1 aliphatic rings. The van der Waals surface area contributed by atoms with Gasteiger partial charge in [0.15, 0.2) is 0 Å². The summed E-state index contributed by atoms with van der Waals surface area (Å²) in [6.07, 6.45) is 2.85. The second kappa shape index (κ2) is 4.78. The van der Waals surface area contributed by atoms with Crippen molar-refractivity contribution in [1.29, 1.82) is 0 Å². The smallest absolute Gasteiger partial charge is 0.0602 e. The molecule has 0 aliphatic carbocycles. The molecule has 0 spiro atoms. The molecule has 1 aliphatic heterocycles. The van der Waals surface area contributed by atoms with Crippen LogP contribution in [0.15, 0.2) is 48.7 Å². The van der Waals surface area contributed by atoms with Gasteiger partial charge in [-0.15, -0.1) is 0 Å². The fourth-order valence-electron chi connectivity index (χ4n) is 2.51. The fourth-order valence-corrected chi connectivity index (χ4v) is 2.51. The number of pyridine rings is 1. The molecule has 92 valence electrons. The van der Waals surface area contributed by atoms with Crippen molar-refractivity contribution in [1.82, 2.24) is 4.98 Å². The van der Waals surface area contributed by atoms with Gasteiger partial charge in [-0.2, -0.15) is 0 Å². The number of benzene rings is 1. The van der Waals surface area contributed by atoms with E-state index in [1.165, 1.54) is 11.3 Å². The first kappa shape index (κ1) is 11.2. The molecule has 1 aromatic heterocycles. The van der Waals surface area contributed by atoms with Crippen LogP contribution in [0.4, 0.5) is 5.69 Å². The van der Waals surface area contributed by atoms with E-state index in [0.29, 0.717) is 0 Å². The summed E-state index contributed by atoms with van der Waals surface area (Å²) in [5.74, 6) is 0. The minimum atomic E-state index is 0.168. The summed E-state index contributed by atoms with van der Waals surface area (Å²) < 4.78 is 0. The number of nitrogens with two attached hydrogens (primary N) is 1. The molecule has 1 atom stereocenters. The minimum Gasteiger partial charge on any atom is -0.365 e. The first-order chi connectivity index (χ1) is 8.84. The highest BCUT2D eigenvalue weighted by molar-refractivity contribution is 5.56. The van der Waals surface area contributed by atoms with Crippen molar-refractivity contribution in [2.45, 2.75) is 19.0 Å². The van der Waals surface area contributed by atoms with Gasteiger partial charge in [-0.05, 0) is 30.2 Å². The van der Waals surface area contributed by atoms with E-state index in [2.05, 4.69) is 40.2 Å². The zero-order chi connectivity index (χ0) is 12.4. The Bertz CT molecular complexity index is 524. The number of aromatic nitrogens is 1. The Balaban J connectivity index is 1.89. The predicted molar refractivity (Wildman–Crippen MR) is 73.3 cm³/mol. The molecule has 3 rings (SSSR count). The van der Waals surface area contributed by atoms with Crippen molar-refractivity contribution >= 4 is 5.69 Å². The third kappa shape index (κ3) is 2.09. The number of hydrogen-bond acceptors (Lipinski definition) is 3. The number of anilines is 1. The third-order valence-electron chi connectivity index (χ3n) is 3.47.